The summed E-state index contributed by atoms with van der Waals surface area (Å²) in [4.78, 5) is 11.5. The molecule has 0 fully saturated rings. The third-order valence-corrected chi connectivity index (χ3v) is 4.70. The number of hydrogen-bond acceptors (Lipinski definition) is 4. The van der Waals surface area contributed by atoms with Crippen LogP contribution in [0.4, 0.5) is 0 Å². The predicted octanol–water partition coefficient (Wildman–Crippen LogP) is 3.81. The van der Waals surface area contributed by atoms with Crippen molar-refractivity contribution in [2.24, 2.45) is 0 Å². The molecule has 0 saturated heterocycles. The zero-order valence-corrected chi connectivity index (χ0v) is 13.3. The van der Waals surface area contributed by atoms with Crippen LogP contribution >= 0.6 is 7.60 Å². The van der Waals surface area contributed by atoms with E-state index in [0.717, 1.165) is 0 Å². The number of rotatable bonds is 6. The van der Waals surface area contributed by atoms with E-state index in [1.54, 1.807) is 60.7 Å². The van der Waals surface area contributed by atoms with E-state index in [-0.39, 0.29) is 11.5 Å². The fourth-order valence-corrected chi connectivity index (χ4v) is 3.43. The summed E-state index contributed by atoms with van der Waals surface area (Å²) in [7, 11) is -4.12. The van der Waals surface area contributed by atoms with Crippen molar-refractivity contribution in [3.63, 3.8) is 0 Å². The van der Waals surface area contributed by atoms with Gasteiger partial charge in [0.2, 0.25) is 5.66 Å². The monoisotopic (exact) mass is 330 g/mol. The fraction of sp³-hybridized carbons (Fsp3) is 0.118. The summed E-state index contributed by atoms with van der Waals surface area (Å²) in [6, 6.07) is 16.5. The average Bonchev–Trinajstić information content (AvgIpc) is 2.54. The van der Waals surface area contributed by atoms with E-state index in [1.165, 1.54) is 6.92 Å². The Morgan fingerprint density at radius 2 is 1.43 bits per heavy atom. The van der Waals surface area contributed by atoms with E-state index in [4.69, 9.17) is 9.05 Å². The number of para-hydroxylation sites is 2. The lowest BCUT2D eigenvalue weighted by Crippen LogP contribution is -2.24. The standard InChI is InChI=1S/C17H15O5P/c1-2-9-16(17(18)19)23(20,21-14-10-5-3-6-11-14)22-15-12-7-4-8-13-15/h3-8,10-13,16H,1H3,(H,18,19). The first-order valence-corrected chi connectivity index (χ1v) is 8.40. The van der Waals surface area contributed by atoms with Gasteiger partial charge in [-0.05, 0) is 31.2 Å². The maximum Gasteiger partial charge on any atom is 0.457 e. The minimum Gasteiger partial charge on any atom is -0.480 e. The summed E-state index contributed by atoms with van der Waals surface area (Å²) >= 11 is 0. The Morgan fingerprint density at radius 1 is 1.00 bits per heavy atom. The van der Waals surface area contributed by atoms with E-state index in [9.17, 15) is 14.5 Å². The molecule has 0 bridgehead atoms. The van der Waals surface area contributed by atoms with Crippen LogP contribution in [0.2, 0.25) is 0 Å². The molecule has 0 aliphatic rings. The molecule has 1 unspecified atom stereocenters. The number of aliphatic carboxylic acids is 1. The van der Waals surface area contributed by atoms with Gasteiger partial charge >= 0.3 is 13.6 Å². The van der Waals surface area contributed by atoms with Crippen LogP contribution in [0.25, 0.3) is 0 Å². The minimum absolute atomic E-state index is 0.246. The van der Waals surface area contributed by atoms with Gasteiger partial charge in [0, 0.05) is 0 Å². The number of benzene rings is 2. The Kier molecular flexibility index (Phi) is 5.46. The molecular weight excluding hydrogens is 315 g/mol. The van der Waals surface area contributed by atoms with Gasteiger partial charge in [0.1, 0.15) is 11.5 Å². The van der Waals surface area contributed by atoms with Crippen molar-refractivity contribution in [3.8, 4) is 23.3 Å². The first-order valence-electron chi connectivity index (χ1n) is 6.79. The van der Waals surface area contributed by atoms with Crippen LogP contribution in [0.1, 0.15) is 6.92 Å². The van der Waals surface area contributed by atoms with Gasteiger partial charge in [0.15, 0.2) is 0 Å². The highest BCUT2D eigenvalue weighted by Gasteiger charge is 2.44. The Labute approximate surface area is 134 Å². The normalized spacial score (nSPS) is 11.7. The fourth-order valence-electron chi connectivity index (χ4n) is 1.79. The van der Waals surface area contributed by atoms with E-state index < -0.39 is 19.2 Å². The predicted molar refractivity (Wildman–Crippen MR) is 86.6 cm³/mol. The number of hydrogen-bond donors (Lipinski definition) is 1. The molecule has 0 radical (unpaired) electrons. The van der Waals surface area contributed by atoms with Crippen LogP contribution < -0.4 is 9.05 Å². The highest BCUT2D eigenvalue weighted by atomic mass is 31.2. The number of carboxylic acid groups (broad SMARTS) is 1. The summed E-state index contributed by atoms with van der Waals surface area (Å²) in [5, 5.41) is 9.36. The van der Waals surface area contributed by atoms with Gasteiger partial charge in [-0.15, -0.1) is 5.92 Å². The Balaban J connectivity index is 2.42. The van der Waals surface area contributed by atoms with E-state index in [1.807, 2.05) is 0 Å². The lowest BCUT2D eigenvalue weighted by atomic mass is 10.3. The number of carboxylic acids is 1. The van der Waals surface area contributed by atoms with Crippen LogP contribution in [-0.2, 0) is 9.36 Å². The molecule has 0 aliphatic heterocycles. The van der Waals surface area contributed by atoms with Crippen molar-refractivity contribution < 1.29 is 23.5 Å². The summed E-state index contributed by atoms with van der Waals surface area (Å²) in [6.45, 7) is 1.46. The second-order valence-electron chi connectivity index (χ2n) is 4.48. The van der Waals surface area contributed by atoms with Crippen molar-refractivity contribution in [1.82, 2.24) is 0 Å². The number of carbonyl (C=O) groups is 1. The first-order chi connectivity index (χ1) is 11.0. The summed E-state index contributed by atoms with van der Waals surface area (Å²) in [5.74, 6) is 3.99. The van der Waals surface area contributed by atoms with Gasteiger partial charge in [-0.3, -0.25) is 4.79 Å². The Bertz CT molecular complexity index is 716. The molecule has 118 valence electrons. The topological polar surface area (TPSA) is 72.8 Å². The summed E-state index contributed by atoms with van der Waals surface area (Å²) in [6.07, 6.45) is 0. The minimum atomic E-state index is -4.12. The van der Waals surface area contributed by atoms with Gasteiger partial charge in [-0.2, -0.15) is 0 Å². The second kappa shape index (κ2) is 7.53. The van der Waals surface area contributed by atoms with E-state index >= 15 is 0 Å². The average molecular weight is 330 g/mol. The van der Waals surface area contributed by atoms with Gasteiger partial charge in [0.25, 0.3) is 0 Å². The van der Waals surface area contributed by atoms with Crippen molar-refractivity contribution in [3.05, 3.63) is 60.7 Å². The molecule has 2 rings (SSSR count). The van der Waals surface area contributed by atoms with Crippen molar-refractivity contribution in [2.45, 2.75) is 12.6 Å². The molecule has 0 aliphatic carbocycles. The molecule has 0 heterocycles. The third-order valence-electron chi connectivity index (χ3n) is 2.78. The summed E-state index contributed by atoms with van der Waals surface area (Å²) < 4.78 is 24.0. The molecule has 1 N–H and O–H groups in total. The van der Waals surface area contributed by atoms with Gasteiger partial charge in [-0.1, -0.05) is 42.3 Å². The molecule has 23 heavy (non-hydrogen) atoms. The SMILES string of the molecule is CC#CC(C(=O)O)P(=O)(Oc1ccccc1)Oc1ccccc1. The van der Waals surface area contributed by atoms with Crippen molar-refractivity contribution >= 4 is 13.6 Å². The van der Waals surface area contributed by atoms with E-state index in [0.29, 0.717) is 0 Å². The first kappa shape index (κ1) is 16.7. The highest BCUT2D eigenvalue weighted by Crippen LogP contribution is 2.52. The highest BCUT2D eigenvalue weighted by molar-refractivity contribution is 7.57. The van der Waals surface area contributed by atoms with Crippen LogP contribution in [0.15, 0.2) is 60.7 Å². The maximum atomic E-state index is 13.2. The molecule has 1 atom stereocenters. The van der Waals surface area contributed by atoms with Crippen LogP contribution in [0, 0.1) is 11.8 Å². The van der Waals surface area contributed by atoms with Crippen LogP contribution in [0.5, 0.6) is 11.5 Å². The molecule has 0 spiro atoms. The van der Waals surface area contributed by atoms with Crippen molar-refractivity contribution in [2.75, 3.05) is 0 Å². The largest absolute Gasteiger partial charge is 0.480 e. The lowest BCUT2D eigenvalue weighted by Gasteiger charge is -2.22. The quantitative estimate of drug-likeness (QED) is 0.644. The molecular formula is C17H15O5P. The van der Waals surface area contributed by atoms with E-state index in [2.05, 4.69) is 11.8 Å². The van der Waals surface area contributed by atoms with Crippen LogP contribution in [0.3, 0.4) is 0 Å². The van der Waals surface area contributed by atoms with Gasteiger partial charge in [-0.25, -0.2) is 4.57 Å². The third kappa shape index (κ3) is 4.38. The maximum absolute atomic E-state index is 13.2. The van der Waals surface area contributed by atoms with Gasteiger partial charge in [0.05, 0.1) is 0 Å². The smallest absolute Gasteiger partial charge is 0.457 e. The molecule has 5 nitrogen and oxygen atoms in total. The molecule has 0 aromatic heterocycles. The second-order valence-corrected chi connectivity index (χ2v) is 6.44. The Hall–Kier alpha value is -2.70. The van der Waals surface area contributed by atoms with Crippen LogP contribution in [-0.4, -0.2) is 16.7 Å². The zero-order chi connectivity index (χ0) is 16.7. The molecule has 0 amide bonds. The molecule has 6 heteroatoms. The molecule has 2 aromatic carbocycles. The lowest BCUT2D eigenvalue weighted by molar-refractivity contribution is -0.135. The van der Waals surface area contributed by atoms with Gasteiger partial charge < -0.3 is 14.2 Å². The Morgan fingerprint density at radius 3 is 1.78 bits per heavy atom. The molecule has 2 aromatic rings. The zero-order valence-electron chi connectivity index (χ0n) is 12.4. The molecule has 0 saturated carbocycles. The van der Waals surface area contributed by atoms with Crippen molar-refractivity contribution in [1.29, 1.82) is 0 Å². The summed E-state index contributed by atoms with van der Waals surface area (Å²) in [5.41, 5.74) is -1.59.